The fraction of sp³-hybridized carbons (Fsp3) is 0.971. The molecule has 0 aromatic rings. The Morgan fingerprint density at radius 2 is 0.686 bits per heavy atom. The van der Waals surface area contributed by atoms with Crippen LogP contribution in [0.25, 0.3) is 0 Å². The molecule has 4 unspecified atom stereocenters. The third kappa shape index (κ3) is 26.4. The number of rotatable bonds is 27. The van der Waals surface area contributed by atoms with Crippen LogP contribution in [-0.2, 0) is 0 Å². The van der Waals surface area contributed by atoms with Crippen LogP contribution < -0.4 is 0 Å². The molecule has 0 aliphatic heterocycles. The summed E-state index contributed by atoms with van der Waals surface area (Å²) < 4.78 is 0. The standard InChI is InChI=1S/C34H67N/c1-6-22-31(2)24-19-26-33(4)28-21-29-34(5)27-20-25-32(3)23-17-15-13-11-9-7-8-10-12-14-16-18-30-35/h31-34H,6-29H2,1-5H3. The molecule has 0 aliphatic rings. The monoisotopic (exact) mass is 490 g/mol. The lowest BCUT2D eigenvalue weighted by molar-refractivity contribution is 0.366. The Bertz CT molecular complexity index is 450. The largest absolute Gasteiger partial charge is 0.198 e. The fourth-order valence-corrected chi connectivity index (χ4v) is 5.80. The lowest BCUT2D eigenvalue weighted by atomic mass is 9.90. The van der Waals surface area contributed by atoms with E-state index in [-0.39, 0.29) is 0 Å². The quantitative estimate of drug-likeness (QED) is 0.105. The first-order chi connectivity index (χ1) is 17.0. The Morgan fingerprint density at radius 3 is 1.03 bits per heavy atom. The summed E-state index contributed by atoms with van der Waals surface area (Å²) >= 11 is 0. The Hall–Kier alpha value is -0.510. The van der Waals surface area contributed by atoms with Crippen molar-refractivity contribution in [3.05, 3.63) is 0 Å². The van der Waals surface area contributed by atoms with Crippen LogP contribution in [-0.4, -0.2) is 0 Å². The molecule has 0 aromatic carbocycles. The first-order valence-electron chi connectivity index (χ1n) is 16.4. The maximum atomic E-state index is 8.54. The highest BCUT2D eigenvalue weighted by atomic mass is 14.2. The van der Waals surface area contributed by atoms with Crippen LogP contribution in [0.4, 0.5) is 0 Å². The second-order valence-corrected chi connectivity index (χ2v) is 12.6. The molecule has 0 N–H and O–H groups in total. The summed E-state index contributed by atoms with van der Waals surface area (Å²) in [6.45, 7) is 12.2. The van der Waals surface area contributed by atoms with Gasteiger partial charge in [-0.3, -0.25) is 0 Å². The van der Waals surface area contributed by atoms with E-state index in [1.54, 1.807) is 0 Å². The highest BCUT2D eigenvalue weighted by Crippen LogP contribution is 2.24. The first kappa shape index (κ1) is 34.5. The third-order valence-electron chi connectivity index (χ3n) is 8.45. The number of hydrogen-bond acceptors (Lipinski definition) is 1. The normalized spacial score (nSPS) is 15.0. The van der Waals surface area contributed by atoms with E-state index < -0.39 is 0 Å². The van der Waals surface area contributed by atoms with Crippen LogP contribution >= 0.6 is 0 Å². The Balaban J connectivity index is 3.42. The molecule has 0 spiro atoms. The van der Waals surface area contributed by atoms with Crippen LogP contribution in [0.1, 0.15) is 189 Å². The van der Waals surface area contributed by atoms with E-state index in [4.69, 9.17) is 5.26 Å². The molecule has 0 fully saturated rings. The molecule has 35 heavy (non-hydrogen) atoms. The molecule has 1 nitrogen and oxygen atoms in total. The summed E-state index contributed by atoms with van der Waals surface area (Å²) in [5.74, 6) is 3.73. The molecular formula is C34H67N. The molecule has 4 atom stereocenters. The van der Waals surface area contributed by atoms with E-state index in [2.05, 4.69) is 40.7 Å². The lowest BCUT2D eigenvalue weighted by Crippen LogP contribution is -2.02. The van der Waals surface area contributed by atoms with Crippen molar-refractivity contribution < 1.29 is 0 Å². The van der Waals surface area contributed by atoms with Gasteiger partial charge in [0.1, 0.15) is 0 Å². The molecule has 0 saturated carbocycles. The zero-order chi connectivity index (χ0) is 26.0. The maximum absolute atomic E-state index is 8.54. The van der Waals surface area contributed by atoms with Gasteiger partial charge in [-0.2, -0.15) is 5.26 Å². The number of nitrogens with zero attached hydrogens (tertiary/aromatic N) is 1. The highest BCUT2D eigenvalue weighted by molar-refractivity contribution is 4.67. The first-order valence-corrected chi connectivity index (χ1v) is 16.4. The van der Waals surface area contributed by atoms with Gasteiger partial charge in [-0.15, -0.1) is 0 Å². The average Bonchev–Trinajstić information content (AvgIpc) is 2.82. The molecule has 0 rings (SSSR count). The van der Waals surface area contributed by atoms with E-state index in [9.17, 15) is 0 Å². The Kier molecular flexibility index (Phi) is 26.2. The molecule has 0 aromatic heterocycles. The summed E-state index contributed by atoms with van der Waals surface area (Å²) in [7, 11) is 0. The van der Waals surface area contributed by atoms with Gasteiger partial charge in [0.25, 0.3) is 0 Å². The van der Waals surface area contributed by atoms with Crippen LogP contribution in [0.5, 0.6) is 0 Å². The van der Waals surface area contributed by atoms with Crippen molar-refractivity contribution in [2.24, 2.45) is 23.7 Å². The third-order valence-corrected chi connectivity index (χ3v) is 8.45. The van der Waals surface area contributed by atoms with Crippen LogP contribution in [0.2, 0.25) is 0 Å². The molecule has 208 valence electrons. The molecule has 0 saturated heterocycles. The lowest BCUT2D eigenvalue weighted by Gasteiger charge is -2.16. The van der Waals surface area contributed by atoms with Crippen molar-refractivity contribution in [3.8, 4) is 6.07 Å². The second kappa shape index (κ2) is 26.6. The van der Waals surface area contributed by atoms with Gasteiger partial charge in [0.2, 0.25) is 0 Å². The number of unbranched alkanes of at least 4 members (excludes halogenated alkanes) is 11. The van der Waals surface area contributed by atoms with E-state index in [1.165, 1.54) is 141 Å². The number of nitriles is 1. The molecule has 0 bridgehead atoms. The fourth-order valence-electron chi connectivity index (χ4n) is 5.80. The van der Waals surface area contributed by atoms with Gasteiger partial charge in [0, 0.05) is 6.42 Å². The van der Waals surface area contributed by atoms with Crippen LogP contribution in [0, 0.1) is 35.0 Å². The smallest absolute Gasteiger partial charge is 0.0621 e. The summed E-state index contributed by atoms with van der Waals surface area (Å²) in [6, 6.07) is 2.24. The molecular weight excluding hydrogens is 422 g/mol. The van der Waals surface area contributed by atoms with E-state index in [1.807, 2.05) is 0 Å². The summed E-state index contributed by atoms with van der Waals surface area (Å²) in [6.07, 6.45) is 33.1. The van der Waals surface area contributed by atoms with Gasteiger partial charge in [-0.1, -0.05) is 176 Å². The molecule has 0 amide bonds. The summed E-state index contributed by atoms with van der Waals surface area (Å²) in [5, 5.41) is 8.54. The van der Waals surface area contributed by atoms with Crippen molar-refractivity contribution in [2.45, 2.75) is 189 Å². The zero-order valence-corrected chi connectivity index (χ0v) is 25.2. The van der Waals surface area contributed by atoms with Gasteiger partial charge >= 0.3 is 0 Å². The topological polar surface area (TPSA) is 23.8 Å². The van der Waals surface area contributed by atoms with Gasteiger partial charge in [0.15, 0.2) is 0 Å². The van der Waals surface area contributed by atoms with Crippen molar-refractivity contribution in [2.75, 3.05) is 0 Å². The second-order valence-electron chi connectivity index (χ2n) is 12.6. The minimum atomic E-state index is 0.746. The van der Waals surface area contributed by atoms with Crippen LogP contribution in [0.15, 0.2) is 0 Å². The summed E-state index contributed by atoms with van der Waals surface area (Å²) in [4.78, 5) is 0. The van der Waals surface area contributed by atoms with E-state index >= 15 is 0 Å². The van der Waals surface area contributed by atoms with Gasteiger partial charge < -0.3 is 0 Å². The van der Waals surface area contributed by atoms with Gasteiger partial charge in [-0.25, -0.2) is 0 Å². The molecule has 0 heterocycles. The van der Waals surface area contributed by atoms with Crippen molar-refractivity contribution >= 4 is 0 Å². The Morgan fingerprint density at radius 1 is 0.400 bits per heavy atom. The van der Waals surface area contributed by atoms with Gasteiger partial charge in [0.05, 0.1) is 6.07 Å². The molecule has 0 radical (unpaired) electrons. The van der Waals surface area contributed by atoms with E-state index in [0.717, 1.165) is 36.5 Å². The van der Waals surface area contributed by atoms with Crippen molar-refractivity contribution in [3.63, 3.8) is 0 Å². The predicted octanol–water partition coefficient (Wildman–Crippen LogP) is 12.4. The molecule has 0 aliphatic carbocycles. The predicted molar refractivity (Wildman–Crippen MR) is 159 cm³/mol. The SMILES string of the molecule is CCCC(C)CCCC(C)CCCC(C)CCCC(C)CCCCCCCCCCCCCC#N. The maximum Gasteiger partial charge on any atom is 0.0621 e. The number of hydrogen-bond donors (Lipinski definition) is 0. The van der Waals surface area contributed by atoms with Crippen molar-refractivity contribution in [1.82, 2.24) is 0 Å². The zero-order valence-electron chi connectivity index (χ0n) is 25.2. The average molecular weight is 490 g/mol. The van der Waals surface area contributed by atoms with E-state index in [0.29, 0.717) is 0 Å². The Labute approximate surface area is 223 Å². The minimum absolute atomic E-state index is 0.746. The molecule has 1 heteroatoms. The highest BCUT2D eigenvalue weighted by Gasteiger charge is 2.09. The van der Waals surface area contributed by atoms with Crippen LogP contribution in [0.3, 0.4) is 0 Å². The van der Waals surface area contributed by atoms with Gasteiger partial charge in [-0.05, 0) is 30.1 Å². The summed E-state index contributed by atoms with van der Waals surface area (Å²) in [5.41, 5.74) is 0. The van der Waals surface area contributed by atoms with Crippen molar-refractivity contribution in [1.29, 1.82) is 5.26 Å². The minimum Gasteiger partial charge on any atom is -0.198 e.